The van der Waals surface area contributed by atoms with Gasteiger partial charge in [0, 0.05) is 11.8 Å². The summed E-state index contributed by atoms with van der Waals surface area (Å²) in [5, 5.41) is 8.72. The Morgan fingerprint density at radius 1 is 1.29 bits per heavy atom. The maximum Gasteiger partial charge on any atom is 0.328 e. The summed E-state index contributed by atoms with van der Waals surface area (Å²) in [4.78, 5) is 14.9. The van der Waals surface area contributed by atoms with Crippen LogP contribution in [0.3, 0.4) is 0 Å². The molecule has 0 spiro atoms. The van der Waals surface area contributed by atoms with Gasteiger partial charge in [0.2, 0.25) is 0 Å². The number of nitrogens with zero attached hydrogens (tertiary/aromatic N) is 1. The van der Waals surface area contributed by atoms with Crippen molar-refractivity contribution >= 4 is 12.0 Å². The number of ether oxygens (including phenoxy) is 1. The van der Waals surface area contributed by atoms with E-state index in [4.69, 9.17) is 9.84 Å². The van der Waals surface area contributed by atoms with Gasteiger partial charge in [0.25, 0.3) is 0 Å². The van der Waals surface area contributed by atoms with Crippen molar-refractivity contribution in [3.05, 3.63) is 65.0 Å². The minimum atomic E-state index is -1.01. The molecular weight excluding hydrogens is 266 g/mol. The zero-order valence-electron chi connectivity index (χ0n) is 12.0. The number of hydrogen-bond donors (Lipinski definition) is 1. The first kappa shape index (κ1) is 14.8. The number of carbonyl (C=O) groups is 1. The summed E-state index contributed by atoms with van der Waals surface area (Å²) in [5.41, 5.74) is 3.56. The summed E-state index contributed by atoms with van der Waals surface area (Å²) in [6.45, 7) is 4.29. The molecule has 1 heterocycles. The predicted molar refractivity (Wildman–Crippen MR) is 81.2 cm³/mol. The maximum absolute atomic E-state index is 10.6. The van der Waals surface area contributed by atoms with Crippen molar-refractivity contribution in [2.45, 2.75) is 20.5 Å². The first-order chi connectivity index (χ1) is 10.0. The summed E-state index contributed by atoms with van der Waals surface area (Å²) in [7, 11) is 0. The Labute approximate surface area is 123 Å². The summed E-state index contributed by atoms with van der Waals surface area (Å²) >= 11 is 0. The topological polar surface area (TPSA) is 59.4 Å². The minimum Gasteiger partial charge on any atom is -0.487 e. The standard InChI is InChI=1S/C17H17NO3/c1-12-4-3-5-14(10-12)11-21-16-8-6-13(2)18-15(16)7-9-17(19)20/h3-10H,11H2,1-2H3,(H,19,20). The number of carboxylic acid groups (broad SMARTS) is 1. The molecule has 0 radical (unpaired) electrons. The molecule has 0 aliphatic heterocycles. The van der Waals surface area contributed by atoms with Crippen molar-refractivity contribution in [1.82, 2.24) is 4.98 Å². The molecule has 0 saturated carbocycles. The molecule has 0 aliphatic rings. The molecule has 0 saturated heterocycles. The maximum atomic E-state index is 10.6. The van der Waals surface area contributed by atoms with E-state index in [1.165, 1.54) is 11.6 Å². The van der Waals surface area contributed by atoms with Crippen molar-refractivity contribution in [3.8, 4) is 5.75 Å². The number of hydrogen-bond acceptors (Lipinski definition) is 3. The molecule has 21 heavy (non-hydrogen) atoms. The van der Waals surface area contributed by atoms with Gasteiger partial charge in [-0.1, -0.05) is 29.8 Å². The molecule has 2 aromatic rings. The van der Waals surface area contributed by atoms with Crippen molar-refractivity contribution in [3.63, 3.8) is 0 Å². The molecule has 4 heteroatoms. The molecule has 4 nitrogen and oxygen atoms in total. The van der Waals surface area contributed by atoms with E-state index >= 15 is 0 Å². The zero-order valence-corrected chi connectivity index (χ0v) is 12.0. The van der Waals surface area contributed by atoms with Gasteiger partial charge in [-0.05, 0) is 37.6 Å². The van der Waals surface area contributed by atoms with E-state index in [-0.39, 0.29) is 0 Å². The Balaban J connectivity index is 2.17. The van der Waals surface area contributed by atoms with Gasteiger partial charge in [-0.25, -0.2) is 9.78 Å². The van der Waals surface area contributed by atoms with E-state index in [9.17, 15) is 4.79 Å². The van der Waals surface area contributed by atoms with Gasteiger partial charge >= 0.3 is 5.97 Å². The summed E-state index contributed by atoms with van der Waals surface area (Å²) in [6.07, 6.45) is 2.50. The quantitative estimate of drug-likeness (QED) is 0.855. The van der Waals surface area contributed by atoms with Crippen LogP contribution in [0.4, 0.5) is 0 Å². The lowest BCUT2D eigenvalue weighted by atomic mass is 10.1. The van der Waals surface area contributed by atoms with Crippen LogP contribution in [0.5, 0.6) is 5.75 Å². The number of pyridine rings is 1. The third-order valence-electron chi connectivity index (χ3n) is 2.89. The van der Waals surface area contributed by atoms with Crippen LogP contribution in [0, 0.1) is 13.8 Å². The van der Waals surface area contributed by atoms with Crippen LogP contribution >= 0.6 is 0 Å². The van der Waals surface area contributed by atoms with E-state index in [0.29, 0.717) is 18.1 Å². The molecule has 2 rings (SSSR count). The Morgan fingerprint density at radius 3 is 2.81 bits per heavy atom. The molecule has 0 bridgehead atoms. The SMILES string of the molecule is Cc1cccc(COc2ccc(C)nc2C=CC(=O)O)c1. The normalized spacial score (nSPS) is 10.8. The van der Waals surface area contributed by atoms with E-state index in [0.717, 1.165) is 17.3 Å². The second-order valence-electron chi connectivity index (χ2n) is 4.79. The van der Waals surface area contributed by atoms with E-state index in [1.807, 2.05) is 44.2 Å². The number of carboxylic acids is 1. The Kier molecular flexibility index (Phi) is 4.72. The number of aromatic nitrogens is 1. The molecule has 0 fully saturated rings. The highest BCUT2D eigenvalue weighted by Crippen LogP contribution is 2.20. The van der Waals surface area contributed by atoms with E-state index in [2.05, 4.69) is 4.98 Å². The first-order valence-corrected chi connectivity index (χ1v) is 6.61. The van der Waals surface area contributed by atoms with Crippen molar-refractivity contribution < 1.29 is 14.6 Å². The van der Waals surface area contributed by atoms with Gasteiger partial charge in [0.05, 0.1) is 0 Å². The fraction of sp³-hybridized carbons (Fsp3) is 0.176. The second kappa shape index (κ2) is 6.70. The lowest BCUT2D eigenvalue weighted by Crippen LogP contribution is -1.99. The van der Waals surface area contributed by atoms with Crippen LogP contribution in [-0.4, -0.2) is 16.1 Å². The minimum absolute atomic E-state index is 0.417. The Bertz CT molecular complexity index is 677. The largest absolute Gasteiger partial charge is 0.487 e. The molecule has 1 N–H and O–H groups in total. The highest BCUT2D eigenvalue weighted by Gasteiger charge is 2.04. The van der Waals surface area contributed by atoms with Crippen molar-refractivity contribution in [2.24, 2.45) is 0 Å². The van der Waals surface area contributed by atoms with Gasteiger partial charge in [0.15, 0.2) is 0 Å². The van der Waals surface area contributed by atoms with Crippen LogP contribution in [0.15, 0.2) is 42.5 Å². The highest BCUT2D eigenvalue weighted by atomic mass is 16.5. The smallest absolute Gasteiger partial charge is 0.328 e. The number of aliphatic carboxylic acids is 1. The van der Waals surface area contributed by atoms with Gasteiger partial charge in [-0.3, -0.25) is 0 Å². The molecule has 0 aliphatic carbocycles. The summed E-state index contributed by atoms with van der Waals surface area (Å²) in [6, 6.07) is 11.7. The number of aryl methyl sites for hydroxylation is 2. The average molecular weight is 283 g/mol. The lowest BCUT2D eigenvalue weighted by molar-refractivity contribution is -0.131. The highest BCUT2D eigenvalue weighted by molar-refractivity contribution is 5.85. The van der Waals surface area contributed by atoms with Gasteiger partial charge in [0.1, 0.15) is 18.1 Å². The Morgan fingerprint density at radius 2 is 2.10 bits per heavy atom. The third kappa shape index (κ3) is 4.45. The molecule has 1 aromatic heterocycles. The lowest BCUT2D eigenvalue weighted by Gasteiger charge is -2.10. The van der Waals surface area contributed by atoms with Crippen molar-refractivity contribution in [1.29, 1.82) is 0 Å². The molecular formula is C17H17NO3. The van der Waals surface area contributed by atoms with Gasteiger partial charge in [-0.15, -0.1) is 0 Å². The van der Waals surface area contributed by atoms with E-state index in [1.54, 1.807) is 6.07 Å². The number of rotatable bonds is 5. The monoisotopic (exact) mass is 283 g/mol. The van der Waals surface area contributed by atoms with E-state index < -0.39 is 5.97 Å². The molecule has 1 aromatic carbocycles. The van der Waals surface area contributed by atoms with Crippen LogP contribution in [0.2, 0.25) is 0 Å². The molecule has 0 atom stereocenters. The number of benzene rings is 1. The average Bonchev–Trinajstić information content (AvgIpc) is 2.44. The van der Waals surface area contributed by atoms with Crippen LogP contribution < -0.4 is 4.74 Å². The van der Waals surface area contributed by atoms with Crippen LogP contribution in [0.25, 0.3) is 6.08 Å². The molecule has 0 amide bonds. The fourth-order valence-electron chi connectivity index (χ4n) is 1.92. The molecule has 0 unspecified atom stereocenters. The predicted octanol–water partition coefficient (Wildman–Crippen LogP) is 3.38. The Hall–Kier alpha value is -2.62. The second-order valence-corrected chi connectivity index (χ2v) is 4.79. The van der Waals surface area contributed by atoms with Gasteiger partial charge < -0.3 is 9.84 Å². The molecule has 108 valence electrons. The van der Waals surface area contributed by atoms with Crippen LogP contribution in [-0.2, 0) is 11.4 Å². The summed E-state index contributed by atoms with van der Waals surface area (Å²) in [5.74, 6) is -0.442. The third-order valence-corrected chi connectivity index (χ3v) is 2.89. The fourth-order valence-corrected chi connectivity index (χ4v) is 1.92. The van der Waals surface area contributed by atoms with Crippen LogP contribution in [0.1, 0.15) is 22.5 Å². The van der Waals surface area contributed by atoms with Gasteiger partial charge in [-0.2, -0.15) is 0 Å². The zero-order chi connectivity index (χ0) is 15.2. The summed E-state index contributed by atoms with van der Waals surface area (Å²) < 4.78 is 5.76. The van der Waals surface area contributed by atoms with Crippen molar-refractivity contribution in [2.75, 3.05) is 0 Å². The first-order valence-electron chi connectivity index (χ1n) is 6.61.